The van der Waals surface area contributed by atoms with Crippen LogP contribution in [0.25, 0.3) is 10.9 Å². The third-order valence-corrected chi connectivity index (χ3v) is 6.03. The molecule has 2 N–H and O–H groups in total. The predicted octanol–water partition coefficient (Wildman–Crippen LogP) is 4.13. The summed E-state index contributed by atoms with van der Waals surface area (Å²) in [5.74, 6) is -0.340. The van der Waals surface area contributed by atoms with Crippen LogP contribution >= 0.6 is 0 Å². The first-order valence-corrected chi connectivity index (χ1v) is 11.5. The second-order valence-electron chi connectivity index (χ2n) is 8.37. The van der Waals surface area contributed by atoms with Gasteiger partial charge in [0.25, 0.3) is 0 Å². The Morgan fingerprint density at radius 2 is 1.83 bits per heavy atom. The number of benzene rings is 2. The van der Waals surface area contributed by atoms with Crippen LogP contribution in [-0.2, 0) is 15.7 Å². The van der Waals surface area contributed by atoms with Crippen LogP contribution in [0.15, 0.2) is 42.5 Å². The SMILES string of the molecule is CCOC(=O)c1[nH]c2ccc(OC)cc2c1NC(=O)CN1CCN(c2cccc(C(F)(F)F)c2)CC1. The summed E-state index contributed by atoms with van der Waals surface area (Å²) in [6.07, 6.45) is -4.40. The van der Waals surface area contributed by atoms with Crippen LogP contribution < -0.4 is 15.0 Å². The Labute approximate surface area is 206 Å². The third kappa shape index (κ3) is 5.56. The molecular formula is C25H27F3N4O4. The van der Waals surface area contributed by atoms with Gasteiger partial charge in [-0.1, -0.05) is 6.07 Å². The molecule has 0 spiro atoms. The normalized spacial score (nSPS) is 14.6. The van der Waals surface area contributed by atoms with Gasteiger partial charge >= 0.3 is 12.1 Å². The lowest BCUT2D eigenvalue weighted by atomic mass is 10.1. The molecule has 0 unspecified atom stereocenters. The molecule has 2 aromatic carbocycles. The first-order chi connectivity index (χ1) is 17.2. The molecule has 3 aromatic rings. The van der Waals surface area contributed by atoms with Gasteiger partial charge in [-0.05, 0) is 43.3 Å². The van der Waals surface area contributed by atoms with Crippen molar-refractivity contribution in [3.8, 4) is 5.75 Å². The van der Waals surface area contributed by atoms with E-state index >= 15 is 0 Å². The van der Waals surface area contributed by atoms with Crippen LogP contribution in [0.1, 0.15) is 23.0 Å². The highest BCUT2D eigenvalue weighted by atomic mass is 19.4. The molecule has 8 nitrogen and oxygen atoms in total. The number of hydrogen-bond acceptors (Lipinski definition) is 6. The molecule has 4 rings (SSSR count). The van der Waals surface area contributed by atoms with Crippen molar-refractivity contribution >= 4 is 34.2 Å². The van der Waals surface area contributed by atoms with E-state index in [9.17, 15) is 22.8 Å². The Bertz CT molecular complexity index is 1250. The summed E-state index contributed by atoms with van der Waals surface area (Å²) >= 11 is 0. The quantitative estimate of drug-likeness (QED) is 0.471. The van der Waals surface area contributed by atoms with E-state index in [0.29, 0.717) is 54.2 Å². The number of carbonyl (C=O) groups is 2. The molecule has 0 aliphatic carbocycles. The summed E-state index contributed by atoms with van der Waals surface area (Å²) in [5.41, 5.74) is 0.914. The molecule has 0 radical (unpaired) electrons. The molecule has 1 aliphatic heterocycles. The summed E-state index contributed by atoms with van der Waals surface area (Å²) in [5, 5.41) is 3.44. The number of alkyl halides is 3. The van der Waals surface area contributed by atoms with Crippen LogP contribution in [0.5, 0.6) is 5.75 Å². The first-order valence-electron chi connectivity index (χ1n) is 11.5. The van der Waals surface area contributed by atoms with Crippen molar-refractivity contribution in [2.75, 3.05) is 56.7 Å². The maximum atomic E-state index is 13.0. The highest BCUT2D eigenvalue weighted by molar-refractivity contribution is 6.11. The van der Waals surface area contributed by atoms with Gasteiger partial charge in [0.05, 0.1) is 31.5 Å². The van der Waals surface area contributed by atoms with Crippen molar-refractivity contribution in [1.82, 2.24) is 9.88 Å². The number of esters is 1. The van der Waals surface area contributed by atoms with Crippen LogP contribution in [0.2, 0.25) is 0 Å². The molecule has 36 heavy (non-hydrogen) atoms. The van der Waals surface area contributed by atoms with Crippen molar-refractivity contribution in [2.45, 2.75) is 13.1 Å². The number of halogens is 3. The monoisotopic (exact) mass is 504 g/mol. The van der Waals surface area contributed by atoms with Crippen molar-refractivity contribution in [1.29, 1.82) is 0 Å². The largest absolute Gasteiger partial charge is 0.497 e. The van der Waals surface area contributed by atoms with Crippen molar-refractivity contribution in [3.05, 3.63) is 53.7 Å². The second kappa shape index (κ2) is 10.5. The third-order valence-electron chi connectivity index (χ3n) is 6.03. The van der Waals surface area contributed by atoms with Crippen LogP contribution in [-0.4, -0.2) is 68.2 Å². The topological polar surface area (TPSA) is 86.9 Å². The molecule has 1 fully saturated rings. The molecule has 1 amide bonds. The lowest BCUT2D eigenvalue weighted by molar-refractivity contribution is -0.137. The standard InChI is InChI=1S/C25H27F3N4O4/c1-3-36-24(34)23-22(19-14-18(35-2)7-8-20(19)29-23)30-21(33)15-31-9-11-32(12-10-31)17-6-4-5-16(13-17)25(26,27)28/h4-8,13-14,29H,3,9-12,15H2,1-2H3,(H,30,33). The number of nitrogens with one attached hydrogen (secondary N) is 2. The number of piperazine rings is 1. The number of hydrogen-bond donors (Lipinski definition) is 2. The van der Waals surface area contributed by atoms with E-state index in [1.165, 1.54) is 13.2 Å². The van der Waals surface area contributed by atoms with Gasteiger partial charge in [-0.25, -0.2) is 4.79 Å². The Balaban J connectivity index is 1.43. The lowest BCUT2D eigenvalue weighted by Crippen LogP contribution is -2.48. The average Bonchev–Trinajstić information content (AvgIpc) is 3.21. The van der Waals surface area contributed by atoms with Crippen molar-refractivity contribution < 1.29 is 32.2 Å². The number of nitrogens with zero attached hydrogens (tertiary/aromatic N) is 2. The smallest absolute Gasteiger partial charge is 0.416 e. The van der Waals surface area contributed by atoms with Gasteiger partial charge in [0.2, 0.25) is 5.91 Å². The van der Waals surface area contributed by atoms with Crippen LogP contribution in [0.3, 0.4) is 0 Å². The number of rotatable bonds is 7. The van der Waals surface area contributed by atoms with E-state index in [0.717, 1.165) is 12.1 Å². The molecular weight excluding hydrogens is 477 g/mol. The van der Waals surface area contributed by atoms with E-state index in [2.05, 4.69) is 10.3 Å². The minimum Gasteiger partial charge on any atom is -0.497 e. The molecule has 0 atom stereocenters. The molecule has 1 aliphatic rings. The highest BCUT2D eigenvalue weighted by Gasteiger charge is 2.31. The van der Waals surface area contributed by atoms with Gasteiger partial charge in [0, 0.05) is 42.8 Å². The number of ether oxygens (including phenoxy) is 2. The number of carbonyl (C=O) groups excluding carboxylic acids is 2. The number of aromatic amines is 1. The minimum atomic E-state index is -4.40. The predicted molar refractivity (Wildman–Crippen MR) is 130 cm³/mol. The van der Waals surface area contributed by atoms with Crippen LogP contribution in [0.4, 0.5) is 24.5 Å². The van der Waals surface area contributed by atoms with Gasteiger partial charge in [0.1, 0.15) is 11.4 Å². The van der Waals surface area contributed by atoms with E-state index < -0.39 is 17.7 Å². The number of fused-ring (bicyclic) bond motifs is 1. The summed E-state index contributed by atoms with van der Waals surface area (Å²) in [7, 11) is 1.53. The van der Waals surface area contributed by atoms with Crippen molar-refractivity contribution in [2.24, 2.45) is 0 Å². The zero-order chi connectivity index (χ0) is 25.9. The van der Waals surface area contributed by atoms with Gasteiger partial charge in [-0.2, -0.15) is 13.2 Å². The number of H-pyrrole nitrogens is 1. The maximum absolute atomic E-state index is 13.0. The Hall–Kier alpha value is -3.73. The molecule has 0 bridgehead atoms. The second-order valence-corrected chi connectivity index (χ2v) is 8.37. The number of amides is 1. The number of methoxy groups -OCH3 is 1. The fourth-order valence-electron chi connectivity index (χ4n) is 4.21. The van der Waals surface area contributed by atoms with Gasteiger partial charge in [0.15, 0.2) is 0 Å². The fourth-order valence-corrected chi connectivity index (χ4v) is 4.21. The summed E-state index contributed by atoms with van der Waals surface area (Å²) in [6, 6.07) is 10.5. The average molecular weight is 505 g/mol. The van der Waals surface area contributed by atoms with E-state index in [-0.39, 0.29) is 24.8 Å². The van der Waals surface area contributed by atoms with Gasteiger partial charge in [-0.3, -0.25) is 9.69 Å². The molecule has 0 saturated carbocycles. The number of aromatic nitrogens is 1. The van der Waals surface area contributed by atoms with E-state index in [1.54, 1.807) is 31.2 Å². The fraction of sp³-hybridized carbons (Fsp3) is 0.360. The Kier molecular flexibility index (Phi) is 7.39. The Morgan fingerprint density at radius 3 is 2.50 bits per heavy atom. The summed E-state index contributed by atoms with van der Waals surface area (Å²) < 4.78 is 49.5. The molecule has 1 aromatic heterocycles. The van der Waals surface area contributed by atoms with Crippen LogP contribution in [0, 0.1) is 0 Å². The van der Waals surface area contributed by atoms with E-state index in [4.69, 9.17) is 9.47 Å². The first kappa shape index (κ1) is 25.4. The van der Waals surface area contributed by atoms with Gasteiger partial charge < -0.3 is 24.7 Å². The molecule has 11 heteroatoms. The maximum Gasteiger partial charge on any atom is 0.416 e. The molecule has 1 saturated heterocycles. The Morgan fingerprint density at radius 1 is 1.08 bits per heavy atom. The summed E-state index contributed by atoms with van der Waals surface area (Å²) in [4.78, 5) is 32.2. The van der Waals surface area contributed by atoms with Gasteiger partial charge in [-0.15, -0.1) is 0 Å². The lowest BCUT2D eigenvalue weighted by Gasteiger charge is -2.36. The summed E-state index contributed by atoms with van der Waals surface area (Å²) in [6.45, 7) is 3.89. The molecule has 192 valence electrons. The highest BCUT2D eigenvalue weighted by Crippen LogP contribution is 2.33. The van der Waals surface area contributed by atoms with Crippen molar-refractivity contribution in [3.63, 3.8) is 0 Å². The zero-order valence-electron chi connectivity index (χ0n) is 19.9. The molecule has 2 heterocycles. The van der Waals surface area contributed by atoms with E-state index in [1.807, 2.05) is 9.80 Å². The minimum absolute atomic E-state index is 0.0648. The zero-order valence-corrected chi connectivity index (χ0v) is 19.9. The number of anilines is 2.